The summed E-state index contributed by atoms with van der Waals surface area (Å²) in [7, 11) is 0. The molecule has 1 amide bonds. The predicted molar refractivity (Wildman–Crippen MR) is 111 cm³/mol. The summed E-state index contributed by atoms with van der Waals surface area (Å²) in [6.07, 6.45) is 6.11. The van der Waals surface area contributed by atoms with E-state index in [1.54, 1.807) is 12.4 Å². The number of aromatic nitrogens is 2. The van der Waals surface area contributed by atoms with Gasteiger partial charge in [-0.3, -0.25) is 9.69 Å². The lowest BCUT2D eigenvalue weighted by Gasteiger charge is -2.37. The number of hydrogen-bond donors (Lipinski definition) is 1. The number of amides is 1. The predicted octanol–water partition coefficient (Wildman–Crippen LogP) is 2.62. The van der Waals surface area contributed by atoms with Gasteiger partial charge in [-0.05, 0) is 38.1 Å². The first kappa shape index (κ1) is 21.4. The van der Waals surface area contributed by atoms with E-state index >= 15 is 0 Å². The van der Waals surface area contributed by atoms with E-state index in [0.717, 1.165) is 44.1 Å². The van der Waals surface area contributed by atoms with Crippen molar-refractivity contribution in [3.05, 3.63) is 47.8 Å². The van der Waals surface area contributed by atoms with E-state index in [9.17, 15) is 13.6 Å². The van der Waals surface area contributed by atoms with Gasteiger partial charge in [0, 0.05) is 56.4 Å². The van der Waals surface area contributed by atoms with Crippen LogP contribution in [0.25, 0.3) is 0 Å². The molecule has 166 valence electrons. The van der Waals surface area contributed by atoms with Gasteiger partial charge in [-0.25, -0.2) is 14.4 Å². The number of rotatable bonds is 5. The van der Waals surface area contributed by atoms with E-state index in [-0.39, 0.29) is 29.6 Å². The lowest BCUT2D eigenvalue weighted by molar-refractivity contribution is -0.139. The molecule has 3 heterocycles. The highest BCUT2D eigenvalue weighted by Gasteiger charge is 2.31. The largest absolute Gasteiger partial charge is 0.487 e. The molecule has 2 aromatic rings. The van der Waals surface area contributed by atoms with E-state index in [1.165, 1.54) is 12.1 Å². The van der Waals surface area contributed by atoms with Crippen LogP contribution >= 0.6 is 0 Å². The number of carbonyl (C=O) groups excluding carboxylic acids is 1. The first-order valence-corrected chi connectivity index (χ1v) is 10.7. The molecule has 0 bridgehead atoms. The fourth-order valence-corrected chi connectivity index (χ4v) is 4.25. The normalized spacial score (nSPS) is 18.8. The summed E-state index contributed by atoms with van der Waals surface area (Å²) in [5.74, 6) is -1.46. The van der Waals surface area contributed by atoms with Crippen LogP contribution in [-0.4, -0.2) is 58.0 Å². The van der Waals surface area contributed by atoms with Crippen LogP contribution < -0.4 is 10.5 Å². The third-order valence-electron chi connectivity index (χ3n) is 6.03. The molecule has 0 spiro atoms. The number of nitrogens with zero attached hydrogens (tertiary/aromatic N) is 4. The van der Waals surface area contributed by atoms with E-state index < -0.39 is 11.6 Å². The average molecular weight is 431 g/mol. The minimum absolute atomic E-state index is 0.0250. The number of carbonyl (C=O) groups is 1. The Hall–Kier alpha value is -2.81. The quantitative estimate of drug-likeness (QED) is 0.784. The maximum absolute atomic E-state index is 13.8. The summed E-state index contributed by atoms with van der Waals surface area (Å²) >= 11 is 0. The smallest absolute Gasteiger partial charge is 0.225 e. The average Bonchev–Trinajstić information content (AvgIpc) is 2.79. The molecule has 1 aromatic carbocycles. The van der Waals surface area contributed by atoms with Crippen LogP contribution in [0.5, 0.6) is 5.75 Å². The molecule has 9 heteroatoms. The molecule has 0 radical (unpaired) electrons. The number of halogens is 2. The van der Waals surface area contributed by atoms with Crippen LogP contribution in [0, 0.1) is 17.6 Å². The number of nitrogen functional groups attached to an aromatic ring is 1. The van der Waals surface area contributed by atoms with Crippen molar-refractivity contribution in [2.75, 3.05) is 31.9 Å². The second-order valence-electron chi connectivity index (χ2n) is 8.19. The molecule has 7 nitrogen and oxygen atoms in total. The Balaban J connectivity index is 1.22. The number of likely N-dealkylation sites (tertiary alicyclic amines) is 2. The van der Waals surface area contributed by atoms with Crippen molar-refractivity contribution in [3.8, 4) is 5.75 Å². The van der Waals surface area contributed by atoms with Crippen molar-refractivity contribution in [3.63, 3.8) is 0 Å². The molecule has 0 unspecified atom stereocenters. The molecule has 31 heavy (non-hydrogen) atoms. The van der Waals surface area contributed by atoms with Crippen molar-refractivity contribution < 1.29 is 18.3 Å². The third kappa shape index (κ3) is 5.28. The molecule has 0 atom stereocenters. The molecule has 2 fully saturated rings. The summed E-state index contributed by atoms with van der Waals surface area (Å²) in [5.41, 5.74) is 6.53. The Kier molecular flexibility index (Phi) is 6.60. The Bertz CT molecular complexity index is 895. The van der Waals surface area contributed by atoms with Crippen molar-refractivity contribution in [2.24, 2.45) is 5.92 Å². The fourth-order valence-electron chi connectivity index (χ4n) is 4.25. The molecule has 1 aromatic heterocycles. The maximum Gasteiger partial charge on any atom is 0.225 e. The summed E-state index contributed by atoms with van der Waals surface area (Å²) in [6, 6.07) is 3.93. The van der Waals surface area contributed by atoms with Gasteiger partial charge in [-0.2, -0.15) is 4.39 Å². The van der Waals surface area contributed by atoms with Crippen molar-refractivity contribution >= 4 is 11.9 Å². The van der Waals surface area contributed by atoms with Crippen molar-refractivity contribution in [1.82, 2.24) is 19.8 Å². The Morgan fingerprint density at radius 2 is 1.74 bits per heavy atom. The molecule has 4 rings (SSSR count). The highest BCUT2D eigenvalue weighted by atomic mass is 19.2. The number of hydrogen-bond acceptors (Lipinski definition) is 6. The van der Waals surface area contributed by atoms with E-state index in [4.69, 9.17) is 10.5 Å². The minimum atomic E-state index is -0.960. The zero-order valence-corrected chi connectivity index (χ0v) is 17.3. The molecular formula is C22H27F2N5O2. The van der Waals surface area contributed by atoms with Crippen LogP contribution in [-0.2, 0) is 11.3 Å². The maximum atomic E-state index is 13.8. The number of ether oxygens (including phenoxy) is 1. The topological polar surface area (TPSA) is 84.6 Å². The van der Waals surface area contributed by atoms with Gasteiger partial charge in [0.05, 0.1) is 0 Å². The van der Waals surface area contributed by atoms with Crippen molar-refractivity contribution in [1.29, 1.82) is 0 Å². The summed E-state index contributed by atoms with van der Waals surface area (Å²) in [6.45, 7) is 3.59. The van der Waals surface area contributed by atoms with Gasteiger partial charge >= 0.3 is 0 Å². The first-order valence-electron chi connectivity index (χ1n) is 10.7. The minimum Gasteiger partial charge on any atom is -0.487 e. The molecule has 0 saturated carbocycles. The van der Waals surface area contributed by atoms with Gasteiger partial charge in [0.1, 0.15) is 6.10 Å². The van der Waals surface area contributed by atoms with Gasteiger partial charge in [0.25, 0.3) is 0 Å². The van der Waals surface area contributed by atoms with Crippen LogP contribution in [0.3, 0.4) is 0 Å². The highest BCUT2D eigenvalue weighted by molar-refractivity contribution is 5.79. The van der Waals surface area contributed by atoms with Crippen LogP contribution in [0.2, 0.25) is 0 Å². The Morgan fingerprint density at radius 1 is 1.06 bits per heavy atom. The lowest BCUT2D eigenvalue weighted by atomic mass is 9.94. The first-order chi connectivity index (χ1) is 15.0. The monoisotopic (exact) mass is 431 g/mol. The zero-order chi connectivity index (χ0) is 21.8. The van der Waals surface area contributed by atoms with E-state index in [1.807, 2.05) is 4.90 Å². The Morgan fingerprint density at radius 3 is 2.42 bits per heavy atom. The summed E-state index contributed by atoms with van der Waals surface area (Å²) in [5, 5.41) is 0. The van der Waals surface area contributed by atoms with E-state index in [0.29, 0.717) is 25.9 Å². The van der Waals surface area contributed by atoms with E-state index in [2.05, 4.69) is 14.9 Å². The fraction of sp³-hybridized carbons (Fsp3) is 0.500. The summed E-state index contributed by atoms with van der Waals surface area (Å²) < 4.78 is 32.8. The van der Waals surface area contributed by atoms with Crippen LogP contribution in [0.1, 0.15) is 31.2 Å². The number of anilines is 1. The van der Waals surface area contributed by atoms with Gasteiger partial charge in [0.2, 0.25) is 17.7 Å². The number of benzene rings is 1. The zero-order valence-electron chi connectivity index (χ0n) is 17.3. The van der Waals surface area contributed by atoms with Gasteiger partial charge in [0.15, 0.2) is 11.6 Å². The van der Waals surface area contributed by atoms with Gasteiger partial charge in [-0.15, -0.1) is 0 Å². The van der Waals surface area contributed by atoms with Gasteiger partial charge < -0.3 is 15.4 Å². The summed E-state index contributed by atoms with van der Waals surface area (Å²) in [4.78, 5) is 25.2. The second-order valence-corrected chi connectivity index (χ2v) is 8.19. The highest BCUT2D eigenvalue weighted by Crippen LogP contribution is 2.26. The lowest BCUT2D eigenvalue weighted by Crippen LogP contribution is -2.47. The molecule has 2 N–H and O–H groups in total. The molecule has 2 saturated heterocycles. The third-order valence-corrected chi connectivity index (χ3v) is 6.03. The van der Waals surface area contributed by atoms with Gasteiger partial charge in [-0.1, -0.05) is 6.07 Å². The van der Waals surface area contributed by atoms with Crippen LogP contribution in [0.4, 0.5) is 14.7 Å². The number of nitrogens with two attached hydrogens (primary N) is 1. The molecular weight excluding hydrogens is 404 g/mol. The molecule has 2 aliphatic heterocycles. The number of piperidine rings is 2. The van der Waals surface area contributed by atoms with Crippen LogP contribution in [0.15, 0.2) is 30.6 Å². The standard InChI is InChI=1S/C22H27F2N5O2/c23-18-2-1-3-19(20(18)24)31-17-6-10-29(11-7-17)21(30)16-4-8-28(9-5-16)14-15-12-26-22(25)27-13-15/h1-3,12-13,16-17H,4-11,14H2,(H2,25,26,27). The van der Waals surface area contributed by atoms with Crippen molar-refractivity contribution in [2.45, 2.75) is 38.3 Å². The molecule has 2 aliphatic rings. The second kappa shape index (κ2) is 9.55. The Labute approximate surface area is 180 Å². The molecule has 0 aliphatic carbocycles. The SMILES string of the molecule is Nc1ncc(CN2CCC(C(=O)N3CCC(Oc4cccc(F)c4F)CC3)CC2)cn1.